The molecule has 3 aliphatic heterocycles. The normalized spacial score (nSPS) is 29.0. The standard InChI is InChI=1S/C32H49N3O6/c1-8-40-22-14-12-21(13-15-22)33-26(37)23-24-28(39)35(18-10-9-11-19-36)25(32(24)17-16-31(23,7)41-32)27(38)34-30(5,6)20-29(2,3)4/h12-15,23-25,36H,8-11,16-20H2,1-7H3,(H,33,37)(H,34,38)/t23-,24+,25?,31+,32?/m1/s1. The van der Waals surface area contributed by atoms with Crippen molar-refractivity contribution in [2.45, 2.75) is 110 Å². The Labute approximate surface area is 244 Å². The van der Waals surface area contributed by atoms with Gasteiger partial charge in [0.15, 0.2) is 0 Å². The first kappa shape index (κ1) is 31.3. The largest absolute Gasteiger partial charge is 0.494 e. The molecule has 4 rings (SSSR count). The number of nitrogens with zero attached hydrogens (tertiary/aromatic N) is 1. The van der Waals surface area contributed by atoms with E-state index in [4.69, 9.17) is 9.47 Å². The first-order valence-corrected chi connectivity index (χ1v) is 15.1. The van der Waals surface area contributed by atoms with Gasteiger partial charge in [-0.05, 0) is 95.9 Å². The van der Waals surface area contributed by atoms with E-state index >= 15 is 0 Å². The average molecular weight is 572 g/mol. The van der Waals surface area contributed by atoms with Crippen molar-refractivity contribution in [3.8, 4) is 5.75 Å². The molecule has 9 nitrogen and oxygen atoms in total. The number of aliphatic hydroxyl groups excluding tert-OH is 1. The fourth-order valence-corrected chi connectivity index (χ4v) is 7.73. The number of benzene rings is 1. The topological polar surface area (TPSA) is 117 Å². The second-order valence-electron chi connectivity index (χ2n) is 14.1. The lowest BCUT2D eigenvalue weighted by Crippen LogP contribution is -2.59. The first-order chi connectivity index (χ1) is 19.2. The molecule has 3 fully saturated rings. The summed E-state index contributed by atoms with van der Waals surface area (Å²) in [5.41, 5.74) is -1.81. The van der Waals surface area contributed by atoms with Gasteiger partial charge >= 0.3 is 0 Å². The molecule has 228 valence electrons. The van der Waals surface area contributed by atoms with Crippen molar-refractivity contribution < 1.29 is 29.0 Å². The van der Waals surface area contributed by atoms with Gasteiger partial charge in [-0.1, -0.05) is 20.8 Å². The van der Waals surface area contributed by atoms with Crippen molar-refractivity contribution in [2.24, 2.45) is 17.3 Å². The van der Waals surface area contributed by atoms with E-state index in [0.717, 1.165) is 12.8 Å². The van der Waals surface area contributed by atoms with Crippen LogP contribution in [-0.2, 0) is 19.1 Å². The van der Waals surface area contributed by atoms with Crippen LogP contribution in [0.4, 0.5) is 5.69 Å². The molecule has 3 heterocycles. The van der Waals surface area contributed by atoms with Crippen LogP contribution >= 0.6 is 0 Å². The van der Waals surface area contributed by atoms with Crippen LogP contribution in [0.15, 0.2) is 24.3 Å². The summed E-state index contributed by atoms with van der Waals surface area (Å²) in [6.07, 6.45) is 3.91. The van der Waals surface area contributed by atoms with E-state index in [1.165, 1.54) is 0 Å². The summed E-state index contributed by atoms with van der Waals surface area (Å²) < 4.78 is 12.2. The predicted octanol–water partition coefficient (Wildman–Crippen LogP) is 4.28. The second kappa shape index (κ2) is 11.6. The quantitative estimate of drug-likeness (QED) is 0.323. The number of likely N-dealkylation sites (tertiary alicyclic amines) is 1. The number of ether oxygens (including phenoxy) is 2. The van der Waals surface area contributed by atoms with Crippen LogP contribution < -0.4 is 15.4 Å². The molecule has 0 radical (unpaired) electrons. The van der Waals surface area contributed by atoms with Crippen molar-refractivity contribution in [1.29, 1.82) is 0 Å². The monoisotopic (exact) mass is 571 g/mol. The fraction of sp³-hybridized carbons (Fsp3) is 0.719. The van der Waals surface area contributed by atoms with Gasteiger partial charge in [0.05, 0.1) is 24.0 Å². The Hall–Kier alpha value is -2.65. The highest BCUT2D eigenvalue weighted by atomic mass is 16.5. The zero-order valence-electron chi connectivity index (χ0n) is 25.8. The van der Waals surface area contributed by atoms with Gasteiger partial charge in [0, 0.05) is 24.4 Å². The Morgan fingerprint density at radius 1 is 1.07 bits per heavy atom. The minimum absolute atomic E-state index is 0.00703. The Morgan fingerprint density at radius 2 is 1.76 bits per heavy atom. The van der Waals surface area contributed by atoms with Crippen molar-refractivity contribution in [3.63, 3.8) is 0 Å². The lowest BCUT2D eigenvalue weighted by atomic mass is 9.66. The number of unbranched alkanes of at least 4 members (excludes halogenated alkanes) is 2. The van der Waals surface area contributed by atoms with Crippen LogP contribution in [0.2, 0.25) is 0 Å². The van der Waals surface area contributed by atoms with Gasteiger partial charge in [0.25, 0.3) is 0 Å². The molecule has 3 N–H and O–H groups in total. The number of hydrogen-bond acceptors (Lipinski definition) is 6. The number of fused-ring (bicyclic) bond motifs is 1. The number of amides is 3. The molecule has 2 unspecified atom stereocenters. The molecule has 1 aromatic rings. The number of carbonyl (C=O) groups is 3. The summed E-state index contributed by atoms with van der Waals surface area (Å²) in [6.45, 7) is 15.3. The van der Waals surface area contributed by atoms with Crippen molar-refractivity contribution >= 4 is 23.4 Å². The molecule has 1 aromatic carbocycles. The zero-order valence-corrected chi connectivity index (χ0v) is 25.8. The molecular formula is C32H49N3O6. The van der Waals surface area contributed by atoms with Gasteiger partial charge in [-0.15, -0.1) is 0 Å². The molecule has 5 atom stereocenters. The van der Waals surface area contributed by atoms with Crippen molar-refractivity contribution in [2.75, 3.05) is 25.1 Å². The van der Waals surface area contributed by atoms with Gasteiger partial charge in [-0.3, -0.25) is 14.4 Å². The van der Waals surface area contributed by atoms with E-state index in [1.54, 1.807) is 29.2 Å². The molecule has 9 heteroatoms. The van der Waals surface area contributed by atoms with E-state index in [0.29, 0.717) is 50.3 Å². The van der Waals surface area contributed by atoms with E-state index in [9.17, 15) is 19.5 Å². The van der Waals surface area contributed by atoms with Crippen LogP contribution in [0, 0.1) is 17.3 Å². The number of hydrogen-bond donors (Lipinski definition) is 3. The number of rotatable bonds is 12. The summed E-state index contributed by atoms with van der Waals surface area (Å²) in [4.78, 5) is 43.8. The number of nitrogens with one attached hydrogen (secondary N) is 2. The molecule has 0 aliphatic carbocycles. The van der Waals surface area contributed by atoms with Gasteiger partial charge < -0.3 is 30.1 Å². The third-order valence-electron chi connectivity index (χ3n) is 8.73. The highest BCUT2D eigenvalue weighted by molar-refractivity contribution is 6.02. The minimum atomic E-state index is -1.06. The van der Waals surface area contributed by atoms with E-state index in [1.807, 2.05) is 27.7 Å². The van der Waals surface area contributed by atoms with E-state index < -0.39 is 34.6 Å². The van der Waals surface area contributed by atoms with Gasteiger partial charge in [0.2, 0.25) is 17.7 Å². The molecule has 3 amide bonds. The fourth-order valence-electron chi connectivity index (χ4n) is 7.73. The SMILES string of the molecule is CCOc1ccc(NC(=O)[C@H]2[C@H]3C(=O)N(CCCCCO)C(C(=O)NC(C)(C)CC(C)(C)C)C34CC[C@]2(C)O4)cc1. The number of anilines is 1. The highest BCUT2D eigenvalue weighted by Gasteiger charge is 2.77. The molecule has 1 spiro atoms. The van der Waals surface area contributed by atoms with Crippen LogP contribution in [0.3, 0.4) is 0 Å². The third-order valence-corrected chi connectivity index (χ3v) is 8.73. The summed E-state index contributed by atoms with van der Waals surface area (Å²) in [5, 5.41) is 15.5. The summed E-state index contributed by atoms with van der Waals surface area (Å²) >= 11 is 0. The lowest BCUT2D eigenvalue weighted by Gasteiger charge is -2.38. The Kier molecular flexibility index (Phi) is 8.82. The minimum Gasteiger partial charge on any atom is -0.494 e. The Balaban J connectivity index is 1.63. The van der Waals surface area contributed by atoms with E-state index in [-0.39, 0.29) is 29.7 Å². The number of carbonyl (C=O) groups excluding carboxylic acids is 3. The smallest absolute Gasteiger partial charge is 0.246 e. The maximum atomic E-state index is 14.2. The molecule has 0 aromatic heterocycles. The molecule has 3 saturated heterocycles. The van der Waals surface area contributed by atoms with Crippen LogP contribution in [0.25, 0.3) is 0 Å². The van der Waals surface area contributed by atoms with Gasteiger partial charge in [-0.2, -0.15) is 0 Å². The average Bonchev–Trinajstić information content (AvgIpc) is 3.42. The van der Waals surface area contributed by atoms with Crippen LogP contribution in [-0.4, -0.2) is 70.3 Å². The maximum Gasteiger partial charge on any atom is 0.246 e. The second-order valence-corrected chi connectivity index (χ2v) is 14.1. The third kappa shape index (κ3) is 6.26. The number of aliphatic hydroxyl groups is 1. The van der Waals surface area contributed by atoms with Crippen LogP contribution in [0.5, 0.6) is 5.75 Å². The first-order valence-electron chi connectivity index (χ1n) is 15.1. The Bertz CT molecular complexity index is 1130. The Morgan fingerprint density at radius 3 is 2.37 bits per heavy atom. The van der Waals surface area contributed by atoms with Gasteiger partial charge in [0.1, 0.15) is 17.4 Å². The molecule has 41 heavy (non-hydrogen) atoms. The lowest BCUT2D eigenvalue weighted by molar-refractivity contribution is -0.146. The summed E-state index contributed by atoms with van der Waals surface area (Å²) in [7, 11) is 0. The summed E-state index contributed by atoms with van der Waals surface area (Å²) in [6, 6.07) is 6.35. The van der Waals surface area contributed by atoms with Crippen molar-refractivity contribution in [3.05, 3.63) is 24.3 Å². The molecule has 3 aliphatic rings. The zero-order chi connectivity index (χ0) is 30.2. The van der Waals surface area contributed by atoms with E-state index in [2.05, 4.69) is 31.4 Å². The molecule has 0 saturated carbocycles. The molecule has 2 bridgehead atoms. The predicted molar refractivity (Wildman–Crippen MR) is 157 cm³/mol. The molecular weight excluding hydrogens is 522 g/mol. The van der Waals surface area contributed by atoms with Crippen LogP contribution in [0.1, 0.15) is 87.0 Å². The highest BCUT2D eigenvalue weighted by Crippen LogP contribution is 2.63. The van der Waals surface area contributed by atoms with Gasteiger partial charge in [-0.25, -0.2) is 0 Å². The summed E-state index contributed by atoms with van der Waals surface area (Å²) in [5.74, 6) is -1.46. The maximum absolute atomic E-state index is 14.2. The van der Waals surface area contributed by atoms with Crippen molar-refractivity contribution in [1.82, 2.24) is 10.2 Å².